The maximum Gasteiger partial charge on any atom is 0.319 e. The Balaban J connectivity index is 1.97. The molecule has 0 aliphatic rings. The summed E-state index contributed by atoms with van der Waals surface area (Å²) in [6, 6.07) is 11.6. The molecule has 0 saturated carbocycles. The quantitative estimate of drug-likeness (QED) is 0.679. The molecule has 6 nitrogen and oxygen atoms in total. The summed E-state index contributed by atoms with van der Waals surface area (Å²) >= 11 is 0. The fourth-order valence-corrected chi connectivity index (χ4v) is 2.55. The van der Waals surface area contributed by atoms with E-state index in [1.165, 1.54) is 0 Å². The molecule has 0 spiro atoms. The van der Waals surface area contributed by atoms with Crippen LogP contribution in [0.25, 0.3) is 0 Å². The monoisotopic (exact) mass is 345 g/mol. The predicted octanol–water partition coefficient (Wildman–Crippen LogP) is 3.85. The van der Waals surface area contributed by atoms with Gasteiger partial charge in [0, 0.05) is 24.9 Å². The summed E-state index contributed by atoms with van der Waals surface area (Å²) in [6.07, 6.45) is 1.66. The number of methoxy groups -OCH3 is 1. The van der Waals surface area contributed by atoms with Gasteiger partial charge in [0.15, 0.2) is 0 Å². The van der Waals surface area contributed by atoms with Crippen molar-refractivity contribution in [2.75, 3.05) is 19.0 Å². The third kappa shape index (κ3) is 5.92. The molecule has 6 heteroatoms. The lowest BCUT2D eigenvalue weighted by molar-refractivity contribution is 0.152. The highest BCUT2D eigenvalue weighted by Gasteiger charge is 2.17. The number of amides is 2. The third-order valence-corrected chi connectivity index (χ3v) is 3.76. The van der Waals surface area contributed by atoms with Crippen LogP contribution in [-0.4, -0.2) is 25.8 Å². The fourth-order valence-electron chi connectivity index (χ4n) is 2.55. The van der Waals surface area contributed by atoms with Crippen molar-refractivity contribution in [1.29, 1.82) is 0 Å². The Morgan fingerprint density at radius 1 is 1.16 bits per heavy atom. The minimum Gasteiger partial charge on any atom is -0.468 e. The highest BCUT2D eigenvalue weighted by molar-refractivity contribution is 5.89. The number of hydrogen-bond donors (Lipinski definition) is 3. The van der Waals surface area contributed by atoms with Gasteiger partial charge >= 0.3 is 6.03 Å². The predicted molar refractivity (Wildman–Crippen MR) is 98.6 cm³/mol. The van der Waals surface area contributed by atoms with Gasteiger partial charge in [-0.3, -0.25) is 5.32 Å². The zero-order valence-corrected chi connectivity index (χ0v) is 15.2. The smallest absolute Gasteiger partial charge is 0.319 e. The third-order valence-electron chi connectivity index (χ3n) is 3.76. The molecule has 1 aromatic carbocycles. The van der Waals surface area contributed by atoms with Crippen molar-refractivity contribution in [3.63, 3.8) is 0 Å². The maximum atomic E-state index is 11.7. The second-order valence-corrected chi connectivity index (χ2v) is 6.29. The van der Waals surface area contributed by atoms with Gasteiger partial charge in [0.25, 0.3) is 0 Å². The normalized spacial score (nSPS) is 13.5. The van der Waals surface area contributed by atoms with Crippen LogP contribution in [-0.2, 0) is 4.74 Å². The van der Waals surface area contributed by atoms with Crippen molar-refractivity contribution >= 4 is 11.7 Å². The first-order valence-electron chi connectivity index (χ1n) is 8.45. The van der Waals surface area contributed by atoms with Crippen LogP contribution in [0.2, 0.25) is 0 Å². The largest absolute Gasteiger partial charge is 0.468 e. The van der Waals surface area contributed by atoms with Gasteiger partial charge in [0.2, 0.25) is 0 Å². The molecule has 0 aliphatic carbocycles. The summed E-state index contributed by atoms with van der Waals surface area (Å²) in [4.78, 5) is 11.7. The van der Waals surface area contributed by atoms with E-state index in [2.05, 4.69) is 22.9 Å². The molecule has 136 valence electrons. The molecule has 2 rings (SSSR count). The second-order valence-electron chi connectivity index (χ2n) is 6.29. The van der Waals surface area contributed by atoms with Crippen molar-refractivity contribution in [3.05, 3.63) is 54.0 Å². The molecule has 0 fully saturated rings. The highest BCUT2D eigenvalue weighted by atomic mass is 16.5. The summed E-state index contributed by atoms with van der Waals surface area (Å²) in [5.41, 5.74) is 1.87. The van der Waals surface area contributed by atoms with Crippen molar-refractivity contribution in [2.45, 2.75) is 38.9 Å². The molecule has 1 aromatic heterocycles. The van der Waals surface area contributed by atoms with Gasteiger partial charge in [-0.15, -0.1) is 0 Å². The Labute approximate surface area is 148 Å². The first-order chi connectivity index (χ1) is 12.0. The fraction of sp³-hybridized carbons (Fsp3) is 0.421. The summed E-state index contributed by atoms with van der Waals surface area (Å²) < 4.78 is 10.8. The molecule has 2 aromatic rings. The molecule has 0 bridgehead atoms. The molecule has 25 heavy (non-hydrogen) atoms. The highest BCUT2D eigenvalue weighted by Crippen LogP contribution is 2.21. The van der Waals surface area contributed by atoms with E-state index in [1.54, 1.807) is 13.4 Å². The number of ether oxygens (including phenoxy) is 1. The lowest BCUT2D eigenvalue weighted by atomic mass is 10.1. The van der Waals surface area contributed by atoms with Gasteiger partial charge in [-0.1, -0.05) is 12.1 Å². The van der Waals surface area contributed by atoms with E-state index in [9.17, 15) is 4.79 Å². The maximum absolute atomic E-state index is 11.7. The number of carbonyl (C=O) groups excluding carboxylic acids is 1. The van der Waals surface area contributed by atoms with E-state index in [-0.39, 0.29) is 24.2 Å². The first-order valence-corrected chi connectivity index (χ1v) is 8.45. The standard InChI is InChI=1S/C19H27N3O3/c1-13(2)20-19(23)22-16-9-7-15(8-10-16)14(3)21-17(12-24-4)18-6-5-11-25-18/h5-11,13-14,17,21H,12H2,1-4H3,(H2,20,22,23)/t14-,17-/m1/s1. The van der Waals surface area contributed by atoms with Crippen LogP contribution >= 0.6 is 0 Å². The van der Waals surface area contributed by atoms with Gasteiger partial charge < -0.3 is 19.8 Å². The van der Waals surface area contributed by atoms with Crippen LogP contribution in [0.15, 0.2) is 47.1 Å². The van der Waals surface area contributed by atoms with Gasteiger partial charge in [0.05, 0.1) is 18.9 Å². The number of anilines is 1. The van der Waals surface area contributed by atoms with Crippen LogP contribution < -0.4 is 16.0 Å². The topological polar surface area (TPSA) is 75.5 Å². The number of benzene rings is 1. The number of rotatable bonds is 8. The van der Waals surface area contributed by atoms with E-state index in [0.717, 1.165) is 17.0 Å². The average molecular weight is 345 g/mol. The Kier molecular flexibility index (Phi) is 7.03. The lowest BCUT2D eigenvalue weighted by Gasteiger charge is -2.22. The number of carbonyl (C=O) groups is 1. The molecule has 0 unspecified atom stereocenters. The van der Waals surface area contributed by atoms with Crippen LogP contribution in [0.5, 0.6) is 0 Å². The zero-order chi connectivity index (χ0) is 18.2. The van der Waals surface area contributed by atoms with Gasteiger partial charge in [-0.05, 0) is 50.6 Å². The molecule has 0 radical (unpaired) electrons. The Bertz CT molecular complexity index is 638. The van der Waals surface area contributed by atoms with Gasteiger partial charge in [-0.2, -0.15) is 0 Å². The second kappa shape index (κ2) is 9.25. The zero-order valence-electron chi connectivity index (χ0n) is 15.2. The van der Waals surface area contributed by atoms with E-state index in [1.807, 2.05) is 50.2 Å². The first kappa shape index (κ1) is 19.0. The summed E-state index contributed by atoms with van der Waals surface area (Å²) in [7, 11) is 1.67. The molecule has 2 atom stereocenters. The van der Waals surface area contributed by atoms with Crippen molar-refractivity contribution in [2.24, 2.45) is 0 Å². The number of urea groups is 1. The number of nitrogens with one attached hydrogen (secondary N) is 3. The molecule has 3 N–H and O–H groups in total. The summed E-state index contributed by atoms with van der Waals surface area (Å²) in [6.45, 7) is 6.45. The summed E-state index contributed by atoms with van der Waals surface area (Å²) in [5, 5.41) is 9.12. The minimum absolute atomic E-state index is 0.0235. The molecule has 0 aliphatic heterocycles. The number of furan rings is 1. The van der Waals surface area contributed by atoms with Crippen LogP contribution in [0, 0.1) is 0 Å². The van der Waals surface area contributed by atoms with E-state index in [0.29, 0.717) is 6.61 Å². The molecule has 0 saturated heterocycles. The van der Waals surface area contributed by atoms with Crippen molar-refractivity contribution in [3.8, 4) is 0 Å². The summed E-state index contributed by atoms with van der Waals surface area (Å²) in [5.74, 6) is 0.845. The molecular formula is C19H27N3O3. The van der Waals surface area contributed by atoms with Crippen LogP contribution in [0.1, 0.15) is 44.2 Å². The average Bonchev–Trinajstić information content (AvgIpc) is 3.08. The van der Waals surface area contributed by atoms with Crippen LogP contribution in [0.4, 0.5) is 10.5 Å². The van der Waals surface area contributed by atoms with E-state index in [4.69, 9.17) is 9.15 Å². The van der Waals surface area contributed by atoms with E-state index >= 15 is 0 Å². The molecule has 1 heterocycles. The minimum atomic E-state index is -0.202. The number of hydrogen-bond acceptors (Lipinski definition) is 4. The SMILES string of the molecule is COC[C@@H](N[C@H](C)c1ccc(NC(=O)NC(C)C)cc1)c1ccco1. The van der Waals surface area contributed by atoms with Crippen molar-refractivity contribution < 1.29 is 13.9 Å². The van der Waals surface area contributed by atoms with E-state index < -0.39 is 0 Å². The lowest BCUT2D eigenvalue weighted by Crippen LogP contribution is -2.34. The Morgan fingerprint density at radius 2 is 1.88 bits per heavy atom. The molecule has 2 amide bonds. The van der Waals surface area contributed by atoms with Crippen LogP contribution in [0.3, 0.4) is 0 Å². The van der Waals surface area contributed by atoms with Gasteiger partial charge in [0.1, 0.15) is 5.76 Å². The Morgan fingerprint density at radius 3 is 2.44 bits per heavy atom. The molecular weight excluding hydrogens is 318 g/mol. The van der Waals surface area contributed by atoms with Crippen molar-refractivity contribution in [1.82, 2.24) is 10.6 Å². The Hall–Kier alpha value is -2.31. The van der Waals surface area contributed by atoms with Gasteiger partial charge in [-0.25, -0.2) is 4.79 Å².